The molecule has 0 saturated carbocycles. The smallest absolute Gasteiger partial charge is 0.126 e. The number of fused-ring (bicyclic) bond motifs is 1. The molecule has 1 aliphatic rings. The predicted molar refractivity (Wildman–Crippen MR) is 88.1 cm³/mol. The van der Waals surface area contributed by atoms with Crippen molar-refractivity contribution >= 4 is 15.9 Å². The Hall–Kier alpha value is -0.540. The highest BCUT2D eigenvalue weighted by atomic mass is 79.9. The first kappa shape index (κ1) is 15.8. The number of halogens is 1. The van der Waals surface area contributed by atoms with Gasteiger partial charge in [0.2, 0.25) is 0 Å². The summed E-state index contributed by atoms with van der Waals surface area (Å²) in [5.41, 5.74) is 7.35. The summed E-state index contributed by atoms with van der Waals surface area (Å²) in [6.07, 6.45) is 8.50. The second kappa shape index (κ2) is 6.95. The molecule has 2 N–H and O–H groups in total. The SMILES string of the molecule is CCCCCCCC1(C)C[C@H](N)c2ccc(Br)cc2O1. The molecule has 112 valence electrons. The Labute approximate surface area is 131 Å². The maximum atomic E-state index is 6.33. The van der Waals surface area contributed by atoms with Crippen molar-refractivity contribution in [3.63, 3.8) is 0 Å². The van der Waals surface area contributed by atoms with Crippen LogP contribution in [0.25, 0.3) is 0 Å². The van der Waals surface area contributed by atoms with Crippen LogP contribution in [0.1, 0.15) is 70.4 Å². The second-order valence-corrected chi connectivity index (χ2v) is 7.12. The van der Waals surface area contributed by atoms with E-state index in [-0.39, 0.29) is 11.6 Å². The van der Waals surface area contributed by atoms with Gasteiger partial charge in [0, 0.05) is 22.5 Å². The lowest BCUT2D eigenvalue weighted by atomic mass is 9.85. The van der Waals surface area contributed by atoms with E-state index in [0.29, 0.717) is 0 Å². The van der Waals surface area contributed by atoms with E-state index in [9.17, 15) is 0 Å². The number of hydrogen-bond acceptors (Lipinski definition) is 2. The van der Waals surface area contributed by atoms with Crippen molar-refractivity contribution in [2.75, 3.05) is 0 Å². The average Bonchev–Trinajstić information content (AvgIpc) is 2.37. The molecule has 2 atom stereocenters. The molecule has 1 aromatic carbocycles. The van der Waals surface area contributed by atoms with Gasteiger partial charge in [-0.2, -0.15) is 0 Å². The normalized spacial score (nSPS) is 25.1. The van der Waals surface area contributed by atoms with E-state index in [0.717, 1.165) is 28.6 Å². The van der Waals surface area contributed by atoms with Crippen molar-refractivity contribution in [1.82, 2.24) is 0 Å². The summed E-state index contributed by atoms with van der Waals surface area (Å²) in [7, 11) is 0. The Kier molecular flexibility index (Phi) is 5.50. The molecule has 20 heavy (non-hydrogen) atoms. The average molecular weight is 340 g/mol. The second-order valence-electron chi connectivity index (χ2n) is 6.21. The highest BCUT2D eigenvalue weighted by molar-refractivity contribution is 9.10. The van der Waals surface area contributed by atoms with Crippen molar-refractivity contribution in [2.24, 2.45) is 5.73 Å². The van der Waals surface area contributed by atoms with Crippen LogP contribution < -0.4 is 10.5 Å². The lowest BCUT2D eigenvalue weighted by Crippen LogP contribution is -2.40. The van der Waals surface area contributed by atoms with Crippen LogP contribution in [0.3, 0.4) is 0 Å². The minimum Gasteiger partial charge on any atom is -0.487 e. The van der Waals surface area contributed by atoms with Gasteiger partial charge in [0.05, 0.1) is 0 Å². The minimum atomic E-state index is -0.112. The Morgan fingerprint density at radius 3 is 2.80 bits per heavy atom. The van der Waals surface area contributed by atoms with E-state index < -0.39 is 0 Å². The van der Waals surface area contributed by atoms with Crippen LogP contribution >= 0.6 is 15.9 Å². The quantitative estimate of drug-likeness (QED) is 0.709. The third kappa shape index (κ3) is 3.98. The van der Waals surface area contributed by atoms with E-state index in [1.165, 1.54) is 32.1 Å². The molecule has 0 bridgehead atoms. The standard InChI is InChI=1S/C17H26BrNO/c1-3-4-5-6-7-10-17(2)12-15(19)14-9-8-13(18)11-16(14)20-17/h8-9,11,15H,3-7,10,12,19H2,1-2H3/t15-,17?/m0/s1. The Bertz CT molecular complexity index is 449. The van der Waals surface area contributed by atoms with Crippen molar-refractivity contribution < 1.29 is 4.74 Å². The van der Waals surface area contributed by atoms with Gasteiger partial charge < -0.3 is 10.5 Å². The van der Waals surface area contributed by atoms with Crippen LogP contribution in [0, 0.1) is 0 Å². The van der Waals surface area contributed by atoms with Crippen LogP contribution in [-0.2, 0) is 0 Å². The van der Waals surface area contributed by atoms with Gasteiger partial charge in [-0.3, -0.25) is 0 Å². The molecule has 0 saturated heterocycles. The molecule has 1 unspecified atom stereocenters. The number of unbranched alkanes of at least 4 members (excludes halogenated alkanes) is 4. The van der Waals surface area contributed by atoms with E-state index in [1.807, 2.05) is 12.1 Å². The molecule has 1 aromatic rings. The summed E-state index contributed by atoms with van der Waals surface area (Å²) in [5.74, 6) is 0.953. The molecule has 0 aromatic heterocycles. The number of benzene rings is 1. The van der Waals surface area contributed by atoms with Gasteiger partial charge in [-0.25, -0.2) is 0 Å². The Morgan fingerprint density at radius 2 is 2.05 bits per heavy atom. The molecular weight excluding hydrogens is 314 g/mol. The van der Waals surface area contributed by atoms with Crippen LogP contribution in [-0.4, -0.2) is 5.60 Å². The summed E-state index contributed by atoms with van der Waals surface area (Å²) in [4.78, 5) is 0. The molecular formula is C17H26BrNO. The first-order valence-corrected chi connectivity index (χ1v) is 8.57. The molecule has 0 aliphatic carbocycles. The van der Waals surface area contributed by atoms with Gasteiger partial charge in [0.25, 0.3) is 0 Å². The lowest BCUT2D eigenvalue weighted by molar-refractivity contribution is 0.0429. The van der Waals surface area contributed by atoms with Crippen LogP contribution in [0.15, 0.2) is 22.7 Å². The fourth-order valence-corrected chi connectivity index (χ4v) is 3.38. The lowest BCUT2D eigenvalue weighted by Gasteiger charge is -2.39. The summed E-state index contributed by atoms with van der Waals surface area (Å²) >= 11 is 3.51. The Morgan fingerprint density at radius 1 is 1.30 bits per heavy atom. The van der Waals surface area contributed by atoms with Crippen molar-refractivity contribution in [2.45, 2.75) is 70.4 Å². The highest BCUT2D eigenvalue weighted by Crippen LogP contribution is 2.41. The van der Waals surface area contributed by atoms with E-state index in [2.05, 4.69) is 35.8 Å². The number of ether oxygens (including phenoxy) is 1. The van der Waals surface area contributed by atoms with E-state index in [1.54, 1.807) is 0 Å². The molecule has 1 heterocycles. The van der Waals surface area contributed by atoms with Crippen molar-refractivity contribution in [3.05, 3.63) is 28.2 Å². The van der Waals surface area contributed by atoms with Crippen molar-refractivity contribution in [3.8, 4) is 5.75 Å². The molecule has 0 radical (unpaired) electrons. The van der Waals surface area contributed by atoms with Gasteiger partial charge >= 0.3 is 0 Å². The maximum Gasteiger partial charge on any atom is 0.126 e. The molecule has 2 nitrogen and oxygen atoms in total. The van der Waals surface area contributed by atoms with Crippen LogP contribution in [0.4, 0.5) is 0 Å². The molecule has 0 amide bonds. The molecule has 2 rings (SSSR count). The summed E-state index contributed by atoms with van der Waals surface area (Å²) in [5, 5.41) is 0. The summed E-state index contributed by atoms with van der Waals surface area (Å²) < 4.78 is 7.32. The highest BCUT2D eigenvalue weighted by Gasteiger charge is 2.35. The largest absolute Gasteiger partial charge is 0.487 e. The zero-order valence-corrected chi connectivity index (χ0v) is 14.2. The summed E-state index contributed by atoms with van der Waals surface area (Å²) in [6.45, 7) is 4.45. The summed E-state index contributed by atoms with van der Waals surface area (Å²) in [6, 6.07) is 6.25. The number of hydrogen-bond donors (Lipinski definition) is 1. The van der Waals surface area contributed by atoms with Gasteiger partial charge in [0.15, 0.2) is 0 Å². The van der Waals surface area contributed by atoms with Gasteiger partial charge in [-0.1, -0.05) is 54.6 Å². The van der Waals surface area contributed by atoms with Crippen LogP contribution in [0.5, 0.6) is 5.75 Å². The zero-order chi connectivity index (χ0) is 14.6. The maximum absolute atomic E-state index is 6.33. The third-order valence-electron chi connectivity index (χ3n) is 4.19. The Balaban J connectivity index is 1.97. The molecule has 3 heteroatoms. The fraction of sp³-hybridized carbons (Fsp3) is 0.647. The monoisotopic (exact) mass is 339 g/mol. The fourth-order valence-electron chi connectivity index (χ4n) is 3.04. The minimum absolute atomic E-state index is 0.0903. The van der Waals surface area contributed by atoms with E-state index >= 15 is 0 Å². The zero-order valence-electron chi connectivity index (χ0n) is 12.6. The molecule has 1 aliphatic heterocycles. The van der Waals surface area contributed by atoms with E-state index in [4.69, 9.17) is 10.5 Å². The van der Waals surface area contributed by atoms with Gasteiger partial charge in [0.1, 0.15) is 11.4 Å². The molecule has 0 fully saturated rings. The van der Waals surface area contributed by atoms with Crippen molar-refractivity contribution in [1.29, 1.82) is 0 Å². The number of rotatable bonds is 6. The van der Waals surface area contributed by atoms with Gasteiger partial charge in [-0.05, 0) is 31.9 Å². The first-order valence-electron chi connectivity index (χ1n) is 7.78. The topological polar surface area (TPSA) is 35.2 Å². The predicted octanol–water partition coefficient (Wildman–Crippen LogP) is 5.35. The number of nitrogens with two attached hydrogens (primary N) is 1. The van der Waals surface area contributed by atoms with Gasteiger partial charge in [-0.15, -0.1) is 0 Å². The first-order chi connectivity index (χ1) is 9.54. The van der Waals surface area contributed by atoms with Crippen LogP contribution in [0.2, 0.25) is 0 Å². The third-order valence-corrected chi connectivity index (χ3v) is 4.69. The molecule has 0 spiro atoms.